The highest BCUT2D eigenvalue weighted by Gasteiger charge is 2.09. The molecule has 1 aromatic carbocycles. The number of methoxy groups -OCH3 is 1. The van der Waals surface area contributed by atoms with Crippen LogP contribution in [0.2, 0.25) is 5.02 Å². The van der Waals surface area contributed by atoms with E-state index in [9.17, 15) is 4.79 Å². The number of esters is 1. The van der Waals surface area contributed by atoms with E-state index in [2.05, 4.69) is 20.7 Å². The number of hydrogen-bond donors (Lipinski definition) is 0. The van der Waals surface area contributed by atoms with E-state index in [0.717, 1.165) is 16.7 Å². The summed E-state index contributed by atoms with van der Waals surface area (Å²) in [6, 6.07) is 3.81. The van der Waals surface area contributed by atoms with Gasteiger partial charge in [0, 0.05) is 10.4 Å². The molecule has 4 heteroatoms. The predicted octanol–water partition coefficient (Wildman–Crippen LogP) is 3.26. The van der Waals surface area contributed by atoms with Gasteiger partial charge in [-0.2, -0.15) is 0 Å². The minimum absolute atomic E-state index is 0.249. The van der Waals surface area contributed by atoms with Crippen LogP contribution in [0.4, 0.5) is 0 Å². The Hall–Kier alpha value is -0.540. The van der Waals surface area contributed by atoms with Crippen LogP contribution >= 0.6 is 27.5 Å². The van der Waals surface area contributed by atoms with Gasteiger partial charge in [0.1, 0.15) is 0 Å². The maximum Gasteiger partial charge on any atom is 0.309 e. The zero-order chi connectivity index (χ0) is 11.4. The second-order valence-electron chi connectivity index (χ2n) is 3.26. The van der Waals surface area contributed by atoms with Gasteiger partial charge in [-0.3, -0.25) is 4.79 Å². The normalized spacial score (nSPS) is 10.1. The molecule has 0 saturated heterocycles. The minimum atomic E-state index is -0.249. The molecule has 0 saturated carbocycles. The number of benzene rings is 1. The van der Waals surface area contributed by atoms with Gasteiger partial charge in [-0.25, -0.2) is 0 Å². The third-order valence-electron chi connectivity index (χ3n) is 2.21. The zero-order valence-electron chi connectivity index (χ0n) is 8.64. The Morgan fingerprint density at radius 2 is 2.13 bits per heavy atom. The molecule has 15 heavy (non-hydrogen) atoms. The van der Waals surface area contributed by atoms with Gasteiger partial charge in [-0.15, -0.1) is 0 Å². The van der Waals surface area contributed by atoms with Gasteiger partial charge in [-0.1, -0.05) is 33.6 Å². The van der Waals surface area contributed by atoms with Gasteiger partial charge in [0.25, 0.3) is 0 Å². The molecular formula is C11H12BrClO2. The lowest BCUT2D eigenvalue weighted by Crippen LogP contribution is -2.06. The number of halogens is 2. The Labute approximate surface area is 103 Å². The van der Waals surface area contributed by atoms with Crippen molar-refractivity contribution < 1.29 is 9.53 Å². The fourth-order valence-electron chi connectivity index (χ4n) is 1.30. The van der Waals surface area contributed by atoms with Crippen LogP contribution in [0.15, 0.2) is 12.1 Å². The Bertz CT molecular complexity index is 377. The largest absolute Gasteiger partial charge is 0.469 e. The van der Waals surface area contributed by atoms with E-state index in [1.165, 1.54) is 7.11 Å². The molecule has 0 unspecified atom stereocenters. The predicted molar refractivity (Wildman–Crippen MR) is 64.5 cm³/mol. The first-order chi connectivity index (χ1) is 7.08. The number of ether oxygens (including phenoxy) is 1. The van der Waals surface area contributed by atoms with Crippen LogP contribution < -0.4 is 0 Å². The van der Waals surface area contributed by atoms with Crippen molar-refractivity contribution in [2.45, 2.75) is 18.7 Å². The zero-order valence-corrected chi connectivity index (χ0v) is 11.0. The van der Waals surface area contributed by atoms with Gasteiger partial charge in [0.2, 0.25) is 0 Å². The molecule has 0 N–H and O–H groups in total. The number of hydrogen-bond acceptors (Lipinski definition) is 2. The van der Waals surface area contributed by atoms with Crippen LogP contribution in [0.5, 0.6) is 0 Å². The van der Waals surface area contributed by atoms with Crippen molar-refractivity contribution in [3.63, 3.8) is 0 Å². The van der Waals surface area contributed by atoms with Crippen molar-refractivity contribution in [2.75, 3.05) is 7.11 Å². The van der Waals surface area contributed by atoms with Gasteiger partial charge >= 0.3 is 5.97 Å². The first-order valence-electron chi connectivity index (χ1n) is 4.49. The molecule has 0 atom stereocenters. The summed E-state index contributed by atoms with van der Waals surface area (Å²) in [4.78, 5) is 11.1. The maximum atomic E-state index is 11.1. The van der Waals surface area contributed by atoms with Crippen molar-refractivity contribution >= 4 is 33.5 Å². The summed E-state index contributed by atoms with van der Waals surface area (Å²) in [5.41, 5.74) is 3.00. The molecule has 82 valence electrons. The Morgan fingerprint density at radius 3 is 2.67 bits per heavy atom. The molecule has 0 radical (unpaired) electrons. The standard InChI is InChI=1S/C11H12BrClO2/c1-7-3-9(6-12)10(13)4-8(7)5-11(14)15-2/h3-4H,5-6H2,1-2H3. The molecule has 0 spiro atoms. The van der Waals surface area contributed by atoms with Gasteiger partial charge in [0.15, 0.2) is 0 Å². The maximum absolute atomic E-state index is 11.1. The molecule has 1 rings (SSSR count). The molecule has 0 fully saturated rings. The minimum Gasteiger partial charge on any atom is -0.469 e. The molecule has 0 aromatic heterocycles. The molecule has 1 aromatic rings. The Balaban J connectivity index is 3.00. The van der Waals surface area contributed by atoms with Crippen LogP contribution in [-0.4, -0.2) is 13.1 Å². The van der Waals surface area contributed by atoms with E-state index in [1.54, 1.807) is 0 Å². The summed E-state index contributed by atoms with van der Waals surface area (Å²) in [5, 5.41) is 1.39. The molecule has 0 aliphatic heterocycles. The average molecular weight is 292 g/mol. The van der Waals surface area contributed by atoms with Gasteiger partial charge in [0.05, 0.1) is 13.5 Å². The molecular weight excluding hydrogens is 279 g/mol. The summed E-state index contributed by atoms with van der Waals surface area (Å²) in [6.45, 7) is 1.96. The number of aryl methyl sites for hydroxylation is 1. The highest BCUT2D eigenvalue weighted by molar-refractivity contribution is 9.08. The van der Waals surface area contributed by atoms with Crippen molar-refractivity contribution in [2.24, 2.45) is 0 Å². The van der Waals surface area contributed by atoms with Gasteiger partial charge < -0.3 is 4.74 Å². The van der Waals surface area contributed by atoms with Crippen LogP contribution in [-0.2, 0) is 21.3 Å². The smallest absolute Gasteiger partial charge is 0.309 e. The van der Waals surface area contributed by atoms with Crippen LogP contribution in [0.3, 0.4) is 0 Å². The molecule has 0 heterocycles. The van der Waals surface area contributed by atoms with Gasteiger partial charge in [-0.05, 0) is 29.7 Å². The first kappa shape index (κ1) is 12.5. The van der Waals surface area contributed by atoms with Crippen molar-refractivity contribution in [3.8, 4) is 0 Å². The lowest BCUT2D eigenvalue weighted by atomic mass is 10.0. The fourth-order valence-corrected chi connectivity index (χ4v) is 2.18. The Kier molecular flexibility index (Phi) is 4.61. The highest BCUT2D eigenvalue weighted by Crippen LogP contribution is 2.23. The number of carbonyl (C=O) groups excluding carboxylic acids is 1. The molecule has 0 aliphatic rings. The Morgan fingerprint density at radius 1 is 1.47 bits per heavy atom. The van der Waals surface area contributed by atoms with Crippen LogP contribution in [0, 0.1) is 6.92 Å². The topological polar surface area (TPSA) is 26.3 Å². The van der Waals surface area contributed by atoms with E-state index >= 15 is 0 Å². The van der Waals surface area contributed by atoms with E-state index in [4.69, 9.17) is 11.6 Å². The lowest BCUT2D eigenvalue weighted by Gasteiger charge is -2.08. The monoisotopic (exact) mass is 290 g/mol. The SMILES string of the molecule is COC(=O)Cc1cc(Cl)c(CBr)cc1C. The summed E-state index contributed by atoms with van der Waals surface area (Å²) in [5.74, 6) is -0.249. The second-order valence-corrected chi connectivity index (χ2v) is 4.22. The fraction of sp³-hybridized carbons (Fsp3) is 0.364. The molecule has 2 nitrogen and oxygen atoms in total. The third-order valence-corrected chi connectivity index (χ3v) is 3.17. The van der Waals surface area contributed by atoms with E-state index in [0.29, 0.717) is 10.4 Å². The number of rotatable bonds is 3. The first-order valence-corrected chi connectivity index (χ1v) is 5.99. The van der Waals surface area contributed by atoms with E-state index in [-0.39, 0.29) is 12.4 Å². The van der Waals surface area contributed by atoms with Crippen molar-refractivity contribution in [1.29, 1.82) is 0 Å². The third kappa shape index (κ3) is 3.21. The van der Waals surface area contributed by atoms with E-state index in [1.807, 2.05) is 19.1 Å². The van der Waals surface area contributed by atoms with Crippen LogP contribution in [0.1, 0.15) is 16.7 Å². The lowest BCUT2D eigenvalue weighted by molar-refractivity contribution is -0.139. The van der Waals surface area contributed by atoms with Crippen molar-refractivity contribution in [3.05, 3.63) is 33.8 Å². The molecule has 0 amide bonds. The summed E-state index contributed by atoms with van der Waals surface area (Å²) in [6.07, 6.45) is 0.268. The summed E-state index contributed by atoms with van der Waals surface area (Å²) >= 11 is 9.40. The second kappa shape index (κ2) is 5.52. The van der Waals surface area contributed by atoms with Crippen molar-refractivity contribution in [1.82, 2.24) is 0 Å². The number of alkyl halides is 1. The van der Waals surface area contributed by atoms with Crippen LogP contribution in [0.25, 0.3) is 0 Å². The van der Waals surface area contributed by atoms with E-state index < -0.39 is 0 Å². The molecule has 0 bridgehead atoms. The highest BCUT2D eigenvalue weighted by atomic mass is 79.9. The summed E-state index contributed by atoms with van der Waals surface area (Å²) in [7, 11) is 1.38. The summed E-state index contributed by atoms with van der Waals surface area (Å²) < 4.78 is 4.61. The quantitative estimate of drug-likeness (QED) is 0.631. The average Bonchev–Trinajstić information content (AvgIpc) is 2.22. The number of carbonyl (C=O) groups is 1. The molecule has 0 aliphatic carbocycles.